The van der Waals surface area contributed by atoms with Gasteiger partial charge in [0.1, 0.15) is 12.1 Å². The second kappa shape index (κ2) is 12.4. The Kier molecular flexibility index (Phi) is 8.66. The number of ether oxygens (including phenoxy) is 3. The maximum atomic E-state index is 13.7. The Labute approximate surface area is 255 Å². The third-order valence-electron chi connectivity index (χ3n) is 8.03. The lowest BCUT2D eigenvalue weighted by Crippen LogP contribution is -2.54. The van der Waals surface area contributed by atoms with Crippen molar-refractivity contribution in [2.24, 2.45) is 5.92 Å². The predicted octanol–water partition coefficient (Wildman–Crippen LogP) is 3.43. The van der Waals surface area contributed by atoms with Gasteiger partial charge in [-0.3, -0.25) is 9.59 Å². The zero-order chi connectivity index (χ0) is 31.6. The molecule has 2 fully saturated rings. The Morgan fingerprint density at radius 1 is 0.864 bits per heavy atom. The van der Waals surface area contributed by atoms with E-state index in [4.69, 9.17) is 31.4 Å². The number of rotatable bonds is 7. The molecule has 2 heterocycles. The number of methoxy groups -OCH3 is 1. The van der Waals surface area contributed by atoms with E-state index in [1.807, 2.05) is 42.5 Å². The molecule has 0 bridgehead atoms. The summed E-state index contributed by atoms with van der Waals surface area (Å²) in [5.41, 5.74) is 23.8. The van der Waals surface area contributed by atoms with E-state index in [1.165, 1.54) is 12.0 Å². The minimum absolute atomic E-state index is 0.0450. The maximum absolute atomic E-state index is 13.7. The second-order valence-electron chi connectivity index (χ2n) is 11.4. The smallest absolute Gasteiger partial charge is 0.407 e. The average molecular weight is 603 g/mol. The molecule has 3 aromatic rings. The summed E-state index contributed by atoms with van der Waals surface area (Å²) in [5, 5.41) is 5.46. The fourth-order valence-electron chi connectivity index (χ4n) is 5.57. The molecule has 3 amide bonds. The first-order chi connectivity index (χ1) is 21.0. The molecule has 0 aromatic heterocycles. The number of nitrogens with zero attached hydrogens (tertiary/aromatic N) is 1. The van der Waals surface area contributed by atoms with Crippen molar-refractivity contribution in [3.63, 3.8) is 0 Å². The predicted molar refractivity (Wildman–Crippen MR) is 168 cm³/mol. The molecule has 0 saturated carbocycles. The van der Waals surface area contributed by atoms with Crippen molar-refractivity contribution in [1.29, 1.82) is 0 Å². The molecule has 2 aliphatic heterocycles. The molecular formula is C32H38N6O6. The van der Waals surface area contributed by atoms with Crippen LogP contribution in [0.2, 0.25) is 0 Å². The van der Waals surface area contributed by atoms with E-state index in [0.717, 1.165) is 22.3 Å². The van der Waals surface area contributed by atoms with E-state index in [2.05, 4.69) is 10.6 Å². The van der Waals surface area contributed by atoms with Crippen LogP contribution in [0.15, 0.2) is 60.7 Å². The highest BCUT2D eigenvalue weighted by molar-refractivity contribution is 6.01. The molecular weight excluding hydrogens is 564 g/mol. The lowest BCUT2D eigenvalue weighted by Gasteiger charge is -2.30. The number of amides is 3. The number of anilines is 4. The van der Waals surface area contributed by atoms with Gasteiger partial charge in [0, 0.05) is 6.42 Å². The average Bonchev–Trinajstić information content (AvgIpc) is 3.64. The van der Waals surface area contributed by atoms with Gasteiger partial charge in [0.25, 0.3) is 0 Å². The SMILES string of the molecule is COC(=O)N[C@H](C(=O)N1CC2(C[C@H]1C(=O)Nc1ccc(-c3ccc(-c4ccc(N)c(N)c4)cc3)cc1N)OCCO2)C(C)C. The monoisotopic (exact) mass is 602 g/mol. The summed E-state index contributed by atoms with van der Waals surface area (Å²) in [4.78, 5) is 40.7. The van der Waals surface area contributed by atoms with Crippen LogP contribution in [0.4, 0.5) is 27.5 Å². The quantitative estimate of drug-likeness (QED) is 0.253. The molecule has 0 unspecified atom stereocenters. The molecule has 0 aliphatic carbocycles. The maximum Gasteiger partial charge on any atom is 0.407 e. The molecule has 44 heavy (non-hydrogen) atoms. The van der Waals surface area contributed by atoms with Crippen molar-refractivity contribution in [2.45, 2.75) is 38.1 Å². The van der Waals surface area contributed by atoms with Crippen LogP contribution in [-0.2, 0) is 23.8 Å². The molecule has 2 saturated heterocycles. The van der Waals surface area contributed by atoms with Crippen LogP contribution < -0.4 is 27.8 Å². The molecule has 1 spiro atoms. The van der Waals surface area contributed by atoms with Gasteiger partial charge < -0.3 is 46.9 Å². The van der Waals surface area contributed by atoms with E-state index < -0.39 is 35.8 Å². The fourth-order valence-corrected chi connectivity index (χ4v) is 5.57. The van der Waals surface area contributed by atoms with Crippen molar-refractivity contribution < 1.29 is 28.6 Å². The van der Waals surface area contributed by atoms with E-state index >= 15 is 0 Å². The fraction of sp³-hybridized carbons (Fsp3) is 0.344. The van der Waals surface area contributed by atoms with Crippen LogP contribution in [0.5, 0.6) is 0 Å². The number of likely N-dealkylation sites (tertiary alicyclic amines) is 1. The summed E-state index contributed by atoms with van der Waals surface area (Å²) in [6, 6.07) is 17.0. The highest BCUT2D eigenvalue weighted by Crippen LogP contribution is 2.37. The van der Waals surface area contributed by atoms with Gasteiger partial charge in [0.05, 0.1) is 49.6 Å². The zero-order valence-electron chi connectivity index (χ0n) is 25.0. The first-order valence-corrected chi connectivity index (χ1v) is 14.4. The third kappa shape index (κ3) is 6.26. The van der Waals surface area contributed by atoms with Gasteiger partial charge >= 0.3 is 6.09 Å². The number of nitrogen functional groups attached to an aromatic ring is 3. The highest BCUT2D eigenvalue weighted by atomic mass is 16.7. The molecule has 5 rings (SSSR count). The number of carbonyl (C=O) groups excluding carboxylic acids is 3. The Balaban J connectivity index is 1.33. The van der Waals surface area contributed by atoms with Crippen molar-refractivity contribution >= 4 is 40.7 Å². The van der Waals surface area contributed by atoms with Gasteiger partial charge in [-0.15, -0.1) is 0 Å². The van der Waals surface area contributed by atoms with Crippen LogP contribution in [-0.4, -0.2) is 67.5 Å². The first kappa shape index (κ1) is 30.6. The largest absolute Gasteiger partial charge is 0.453 e. The molecule has 232 valence electrons. The number of hydrogen-bond donors (Lipinski definition) is 5. The molecule has 12 nitrogen and oxygen atoms in total. The Bertz CT molecular complexity index is 1550. The normalized spacial score (nSPS) is 17.9. The van der Waals surface area contributed by atoms with E-state index in [1.54, 1.807) is 32.0 Å². The van der Waals surface area contributed by atoms with Crippen molar-refractivity contribution in [3.05, 3.63) is 60.7 Å². The van der Waals surface area contributed by atoms with Crippen molar-refractivity contribution in [1.82, 2.24) is 10.2 Å². The molecule has 2 aliphatic rings. The Morgan fingerprint density at radius 3 is 1.98 bits per heavy atom. The van der Waals surface area contributed by atoms with Crippen LogP contribution in [0, 0.1) is 5.92 Å². The molecule has 8 N–H and O–H groups in total. The highest BCUT2D eigenvalue weighted by Gasteiger charge is 2.53. The number of nitrogens with two attached hydrogens (primary N) is 3. The van der Waals surface area contributed by atoms with Gasteiger partial charge in [0.15, 0.2) is 5.79 Å². The minimum atomic E-state index is -1.09. The van der Waals surface area contributed by atoms with Crippen molar-refractivity contribution in [2.75, 3.05) is 49.4 Å². The number of benzene rings is 3. The Morgan fingerprint density at radius 2 is 1.43 bits per heavy atom. The summed E-state index contributed by atoms with van der Waals surface area (Å²) >= 11 is 0. The van der Waals surface area contributed by atoms with Gasteiger partial charge in [0.2, 0.25) is 11.8 Å². The first-order valence-electron chi connectivity index (χ1n) is 14.4. The minimum Gasteiger partial charge on any atom is -0.453 e. The van der Waals surface area contributed by atoms with Gasteiger partial charge in [-0.25, -0.2) is 4.79 Å². The molecule has 2 atom stereocenters. The van der Waals surface area contributed by atoms with Crippen LogP contribution >= 0.6 is 0 Å². The number of hydrogen-bond acceptors (Lipinski definition) is 9. The Hall–Kier alpha value is -4.81. The van der Waals surface area contributed by atoms with Crippen LogP contribution in [0.25, 0.3) is 22.3 Å². The zero-order valence-corrected chi connectivity index (χ0v) is 25.0. The van der Waals surface area contributed by atoms with Crippen molar-refractivity contribution in [3.8, 4) is 22.3 Å². The van der Waals surface area contributed by atoms with Gasteiger partial charge in [-0.05, 0) is 52.4 Å². The standard InChI is InChI=1S/C32H38N6O6/c1-18(2)28(37-31(41)42-3)30(40)38-17-32(43-12-13-44-32)16-27(38)29(39)36-26-11-9-22(15-25(26)35)20-6-4-19(5-7-20)21-8-10-23(33)24(34)14-21/h4-11,14-15,18,27-28H,12-13,16-17,33-35H2,1-3H3,(H,36,39)(H,37,41)/t27-,28-/m0/s1. The topological polar surface area (TPSA) is 184 Å². The molecule has 0 radical (unpaired) electrons. The van der Waals surface area contributed by atoms with E-state index in [-0.39, 0.29) is 18.9 Å². The number of alkyl carbamates (subject to hydrolysis) is 1. The van der Waals surface area contributed by atoms with E-state index in [0.29, 0.717) is 36.0 Å². The summed E-state index contributed by atoms with van der Waals surface area (Å²) < 4.78 is 16.4. The van der Waals surface area contributed by atoms with Crippen LogP contribution in [0.3, 0.4) is 0 Å². The summed E-state index contributed by atoms with van der Waals surface area (Å²) in [6.07, 6.45) is -0.602. The molecule has 12 heteroatoms. The molecule has 3 aromatic carbocycles. The van der Waals surface area contributed by atoms with E-state index in [9.17, 15) is 14.4 Å². The number of carbonyl (C=O) groups is 3. The lowest BCUT2D eigenvalue weighted by atomic mass is 9.99. The third-order valence-corrected chi connectivity index (χ3v) is 8.03. The van der Waals surface area contributed by atoms with Crippen LogP contribution in [0.1, 0.15) is 20.3 Å². The summed E-state index contributed by atoms with van der Waals surface area (Å²) in [5.74, 6) is -2.24. The summed E-state index contributed by atoms with van der Waals surface area (Å²) in [7, 11) is 1.22. The lowest BCUT2D eigenvalue weighted by molar-refractivity contribution is -0.153. The number of nitrogens with one attached hydrogen (secondary N) is 2. The van der Waals surface area contributed by atoms with Gasteiger partial charge in [-0.1, -0.05) is 50.2 Å². The second-order valence-corrected chi connectivity index (χ2v) is 11.4. The van der Waals surface area contributed by atoms with Gasteiger partial charge in [-0.2, -0.15) is 0 Å². The summed E-state index contributed by atoms with van der Waals surface area (Å²) in [6.45, 7) is 4.35.